The second kappa shape index (κ2) is 5.50. The number of Topliss-reactive ketones (excluding diaryl/α,β-unsaturated/α-hetero) is 1. The van der Waals surface area contributed by atoms with Crippen molar-refractivity contribution in [2.75, 3.05) is 19.0 Å². The normalized spacial score (nSPS) is 10.1. The van der Waals surface area contributed by atoms with Crippen molar-refractivity contribution in [2.24, 2.45) is 0 Å². The van der Waals surface area contributed by atoms with E-state index in [1.807, 2.05) is 73.6 Å². The predicted octanol–water partition coefficient (Wildman–Crippen LogP) is 3.18. The van der Waals surface area contributed by atoms with E-state index in [1.165, 1.54) is 0 Å². The molecule has 0 N–H and O–H groups in total. The van der Waals surface area contributed by atoms with Gasteiger partial charge < -0.3 is 4.90 Å². The van der Waals surface area contributed by atoms with E-state index in [2.05, 4.69) is 0 Å². The van der Waals surface area contributed by atoms with Crippen LogP contribution in [0.1, 0.15) is 15.9 Å². The van der Waals surface area contributed by atoms with Gasteiger partial charge in [-0.2, -0.15) is 0 Å². The third-order valence-electron chi connectivity index (χ3n) is 2.92. The summed E-state index contributed by atoms with van der Waals surface area (Å²) in [6.45, 7) is 0. The van der Waals surface area contributed by atoms with Gasteiger partial charge in [0.1, 0.15) is 0 Å². The van der Waals surface area contributed by atoms with Crippen LogP contribution in [0.15, 0.2) is 54.6 Å². The lowest BCUT2D eigenvalue weighted by Crippen LogP contribution is -2.13. The molecule has 2 aromatic rings. The van der Waals surface area contributed by atoms with Crippen LogP contribution in [0.4, 0.5) is 5.69 Å². The SMILES string of the molecule is CN(C)c1ccccc1CC(=O)c1ccccc1. The smallest absolute Gasteiger partial charge is 0.167 e. The Kier molecular flexibility index (Phi) is 3.78. The summed E-state index contributed by atoms with van der Waals surface area (Å²) < 4.78 is 0. The summed E-state index contributed by atoms with van der Waals surface area (Å²) in [6, 6.07) is 17.4. The molecule has 2 heteroatoms. The van der Waals surface area contributed by atoms with E-state index in [1.54, 1.807) is 0 Å². The van der Waals surface area contributed by atoms with E-state index in [4.69, 9.17) is 0 Å². The minimum Gasteiger partial charge on any atom is -0.377 e. The molecule has 18 heavy (non-hydrogen) atoms. The van der Waals surface area contributed by atoms with Gasteiger partial charge in [-0.25, -0.2) is 0 Å². The van der Waals surface area contributed by atoms with Gasteiger partial charge in [-0.15, -0.1) is 0 Å². The molecule has 0 saturated heterocycles. The van der Waals surface area contributed by atoms with Crippen molar-refractivity contribution in [1.82, 2.24) is 0 Å². The van der Waals surface area contributed by atoms with Gasteiger partial charge in [-0.1, -0.05) is 48.5 Å². The first kappa shape index (κ1) is 12.4. The minimum atomic E-state index is 0.157. The van der Waals surface area contributed by atoms with Crippen molar-refractivity contribution in [3.63, 3.8) is 0 Å². The monoisotopic (exact) mass is 239 g/mol. The molecule has 0 aromatic heterocycles. The Hall–Kier alpha value is -2.09. The minimum absolute atomic E-state index is 0.157. The van der Waals surface area contributed by atoms with Crippen LogP contribution in [-0.2, 0) is 6.42 Å². The zero-order chi connectivity index (χ0) is 13.0. The van der Waals surface area contributed by atoms with Crippen molar-refractivity contribution < 1.29 is 4.79 Å². The van der Waals surface area contributed by atoms with E-state index in [0.717, 1.165) is 16.8 Å². The number of hydrogen-bond acceptors (Lipinski definition) is 2. The molecular weight excluding hydrogens is 222 g/mol. The first-order valence-electron chi connectivity index (χ1n) is 6.02. The molecule has 0 bridgehead atoms. The molecule has 0 fully saturated rings. The summed E-state index contributed by atoms with van der Waals surface area (Å²) in [5, 5.41) is 0. The molecule has 0 unspecified atom stereocenters. The van der Waals surface area contributed by atoms with E-state index in [0.29, 0.717) is 6.42 Å². The highest BCUT2D eigenvalue weighted by Gasteiger charge is 2.10. The summed E-state index contributed by atoms with van der Waals surface area (Å²) >= 11 is 0. The molecule has 0 spiro atoms. The molecule has 0 heterocycles. The lowest BCUT2D eigenvalue weighted by atomic mass is 10.0. The van der Waals surface area contributed by atoms with Crippen molar-refractivity contribution in [2.45, 2.75) is 6.42 Å². The number of hydrogen-bond donors (Lipinski definition) is 0. The summed E-state index contributed by atoms with van der Waals surface area (Å²) in [5.74, 6) is 0.157. The van der Waals surface area contributed by atoms with Gasteiger partial charge in [0.2, 0.25) is 0 Å². The first-order chi connectivity index (χ1) is 8.68. The Balaban J connectivity index is 2.22. The average Bonchev–Trinajstić information content (AvgIpc) is 2.40. The lowest BCUT2D eigenvalue weighted by molar-refractivity contribution is 0.0993. The Morgan fingerprint density at radius 2 is 1.56 bits per heavy atom. The van der Waals surface area contributed by atoms with E-state index < -0.39 is 0 Å². The molecule has 0 aliphatic carbocycles. The van der Waals surface area contributed by atoms with Crippen molar-refractivity contribution in [3.8, 4) is 0 Å². The van der Waals surface area contributed by atoms with Gasteiger partial charge in [0.25, 0.3) is 0 Å². The average molecular weight is 239 g/mol. The molecule has 2 rings (SSSR count). The molecule has 0 atom stereocenters. The fraction of sp³-hybridized carbons (Fsp3) is 0.188. The number of carbonyl (C=O) groups excluding carboxylic acids is 1. The van der Waals surface area contributed by atoms with Gasteiger partial charge in [0, 0.05) is 31.8 Å². The zero-order valence-corrected chi connectivity index (χ0v) is 10.8. The largest absolute Gasteiger partial charge is 0.377 e. The maximum absolute atomic E-state index is 12.2. The number of ketones is 1. The Labute approximate surface area is 108 Å². The van der Waals surface area contributed by atoms with Crippen LogP contribution in [-0.4, -0.2) is 19.9 Å². The van der Waals surface area contributed by atoms with Crippen LogP contribution in [0, 0.1) is 0 Å². The summed E-state index contributed by atoms with van der Waals surface area (Å²) in [4.78, 5) is 14.2. The molecule has 0 amide bonds. The maximum Gasteiger partial charge on any atom is 0.167 e. The fourth-order valence-electron chi connectivity index (χ4n) is 2.00. The molecular formula is C16H17NO. The molecule has 0 saturated carbocycles. The molecule has 0 aliphatic heterocycles. The number of benzene rings is 2. The molecule has 0 aliphatic rings. The third kappa shape index (κ3) is 2.77. The molecule has 92 valence electrons. The number of carbonyl (C=O) groups is 1. The highest BCUT2D eigenvalue weighted by Crippen LogP contribution is 2.19. The van der Waals surface area contributed by atoms with Crippen LogP contribution >= 0.6 is 0 Å². The van der Waals surface area contributed by atoms with E-state index in [9.17, 15) is 4.79 Å². The topological polar surface area (TPSA) is 20.3 Å². The molecule has 2 aromatic carbocycles. The Bertz CT molecular complexity index is 532. The van der Waals surface area contributed by atoms with Gasteiger partial charge in [0.05, 0.1) is 0 Å². The Morgan fingerprint density at radius 1 is 0.944 bits per heavy atom. The van der Waals surface area contributed by atoms with E-state index >= 15 is 0 Å². The molecule has 0 radical (unpaired) electrons. The number of para-hydroxylation sites is 1. The summed E-state index contributed by atoms with van der Waals surface area (Å²) in [5.41, 5.74) is 2.93. The Morgan fingerprint density at radius 3 is 2.22 bits per heavy atom. The second-order valence-electron chi connectivity index (χ2n) is 4.49. The van der Waals surface area contributed by atoms with Crippen LogP contribution in [0.3, 0.4) is 0 Å². The quantitative estimate of drug-likeness (QED) is 0.764. The summed E-state index contributed by atoms with van der Waals surface area (Å²) in [6.07, 6.45) is 0.443. The first-order valence-corrected chi connectivity index (χ1v) is 6.02. The van der Waals surface area contributed by atoms with Gasteiger partial charge >= 0.3 is 0 Å². The van der Waals surface area contributed by atoms with E-state index in [-0.39, 0.29) is 5.78 Å². The van der Waals surface area contributed by atoms with Gasteiger partial charge in [-0.3, -0.25) is 4.79 Å². The molecule has 2 nitrogen and oxygen atoms in total. The van der Waals surface area contributed by atoms with Crippen LogP contribution < -0.4 is 4.90 Å². The van der Waals surface area contributed by atoms with Gasteiger partial charge in [-0.05, 0) is 11.6 Å². The van der Waals surface area contributed by atoms with Crippen LogP contribution in [0.5, 0.6) is 0 Å². The number of nitrogens with zero attached hydrogens (tertiary/aromatic N) is 1. The predicted molar refractivity (Wildman–Crippen MR) is 75.2 cm³/mol. The number of rotatable bonds is 4. The third-order valence-corrected chi connectivity index (χ3v) is 2.92. The van der Waals surface area contributed by atoms with Crippen molar-refractivity contribution >= 4 is 11.5 Å². The maximum atomic E-state index is 12.2. The highest BCUT2D eigenvalue weighted by molar-refractivity contribution is 5.98. The van der Waals surface area contributed by atoms with Gasteiger partial charge in [0.15, 0.2) is 5.78 Å². The van der Waals surface area contributed by atoms with Crippen LogP contribution in [0.2, 0.25) is 0 Å². The lowest BCUT2D eigenvalue weighted by Gasteiger charge is -2.16. The second-order valence-corrected chi connectivity index (χ2v) is 4.49. The zero-order valence-electron chi connectivity index (χ0n) is 10.8. The van der Waals surface area contributed by atoms with Crippen molar-refractivity contribution in [3.05, 3.63) is 65.7 Å². The number of anilines is 1. The van der Waals surface area contributed by atoms with Crippen LogP contribution in [0.25, 0.3) is 0 Å². The fourth-order valence-corrected chi connectivity index (χ4v) is 2.00. The summed E-state index contributed by atoms with van der Waals surface area (Å²) in [7, 11) is 3.98. The van der Waals surface area contributed by atoms with Crippen molar-refractivity contribution in [1.29, 1.82) is 0 Å². The highest BCUT2D eigenvalue weighted by atomic mass is 16.1. The standard InChI is InChI=1S/C16H17NO/c1-17(2)15-11-7-6-10-14(15)12-16(18)13-8-4-3-5-9-13/h3-11H,12H2,1-2H3.